The van der Waals surface area contributed by atoms with Crippen LogP contribution in [-0.2, 0) is 25.6 Å². The van der Waals surface area contributed by atoms with Crippen LogP contribution in [0.15, 0.2) is 59.9 Å². The van der Waals surface area contributed by atoms with E-state index >= 15 is 0 Å². The first kappa shape index (κ1) is 30.2. The van der Waals surface area contributed by atoms with Gasteiger partial charge in [-0.2, -0.15) is 5.10 Å². The molecule has 0 aliphatic heterocycles. The highest BCUT2D eigenvalue weighted by molar-refractivity contribution is 7.98. The molecule has 3 heterocycles. The zero-order chi connectivity index (χ0) is 30.1. The van der Waals surface area contributed by atoms with Crippen molar-refractivity contribution in [1.82, 2.24) is 29.4 Å². The third-order valence-corrected chi connectivity index (χ3v) is 9.66. The Morgan fingerprint density at radius 1 is 0.976 bits per heavy atom. The maximum absolute atomic E-state index is 14.2. The average molecular weight is 613 g/mol. The molecule has 13 heteroatoms. The number of benzene rings is 2. The topological polar surface area (TPSA) is 106 Å². The van der Waals surface area contributed by atoms with E-state index in [9.17, 15) is 8.96 Å². The van der Waals surface area contributed by atoms with Gasteiger partial charge in [0, 0.05) is 0 Å². The Morgan fingerprint density at radius 2 is 1.64 bits per heavy atom. The molecular weight excluding hydrogens is 578 g/mol. The molecule has 0 aliphatic carbocycles. The van der Waals surface area contributed by atoms with Crippen molar-refractivity contribution in [3.63, 3.8) is 0 Å². The van der Waals surface area contributed by atoms with Crippen molar-refractivity contribution in [2.75, 3.05) is 19.5 Å². The number of nitrogens with zero attached hydrogens (tertiary/aromatic N) is 6. The Hall–Kier alpha value is -3.31. The lowest BCUT2D eigenvalue weighted by atomic mass is 9.87. The number of hydrogen-bond donors (Lipinski definition) is 0. The van der Waals surface area contributed by atoms with Gasteiger partial charge in [-0.3, -0.25) is 4.57 Å². The third kappa shape index (κ3) is 5.94. The van der Waals surface area contributed by atoms with Crippen molar-refractivity contribution in [3.8, 4) is 5.75 Å². The summed E-state index contributed by atoms with van der Waals surface area (Å²) in [4.78, 5) is 9.39. The Labute approximate surface area is 248 Å². The molecule has 0 spiro atoms. The first-order chi connectivity index (χ1) is 20.1. The van der Waals surface area contributed by atoms with Crippen molar-refractivity contribution in [2.45, 2.75) is 57.4 Å². The molecule has 5 aromatic rings. The lowest BCUT2D eigenvalue weighted by molar-refractivity contribution is 0.207. The first-order valence-corrected chi connectivity index (χ1v) is 16.5. The Morgan fingerprint density at radius 3 is 2.24 bits per heavy atom. The van der Waals surface area contributed by atoms with E-state index in [2.05, 4.69) is 43.0 Å². The monoisotopic (exact) mass is 612 g/mol. The van der Waals surface area contributed by atoms with Crippen molar-refractivity contribution in [3.05, 3.63) is 77.6 Å². The largest absolute Gasteiger partial charge is 0.486 e. The molecule has 0 saturated heterocycles. The van der Waals surface area contributed by atoms with Crippen LogP contribution in [-0.4, -0.2) is 48.8 Å². The van der Waals surface area contributed by atoms with Gasteiger partial charge in [0.15, 0.2) is 22.9 Å². The normalized spacial score (nSPS) is 13.2. The summed E-state index contributed by atoms with van der Waals surface area (Å²) in [7, 11) is -3.84. The fourth-order valence-corrected chi connectivity index (χ4v) is 7.26. The molecule has 42 heavy (non-hydrogen) atoms. The molecule has 0 saturated carbocycles. The smallest absolute Gasteiger partial charge is 0.359 e. The molecular formula is C29H34FN6O4PS. The van der Waals surface area contributed by atoms with Crippen molar-refractivity contribution in [1.29, 1.82) is 0 Å². The van der Waals surface area contributed by atoms with Crippen LogP contribution in [0.25, 0.3) is 16.7 Å². The lowest BCUT2D eigenvalue weighted by Crippen LogP contribution is -2.17. The average Bonchev–Trinajstić information content (AvgIpc) is 3.54. The second kappa shape index (κ2) is 12.1. The molecule has 1 unspecified atom stereocenters. The van der Waals surface area contributed by atoms with Crippen molar-refractivity contribution >= 4 is 36.0 Å². The summed E-state index contributed by atoms with van der Waals surface area (Å²) in [6, 6.07) is 13.7. The van der Waals surface area contributed by atoms with Crippen molar-refractivity contribution < 1.29 is 22.7 Å². The number of halogens is 1. The van der Waals surface area contributed by atoms with E-state index in [4.69, 9.17) is 23.9 Å². The first-order valence-electron chi connectivity index (χ1n) is 13.6. The molecule has 1 atom stereocenters. The second-order valence-electron chi connectivity index (χ2n) is 10.6. The minimum atomic E-state index is -3.84. The number of rotatable bonds is 11. The predicted molar refractivity (Wildman–Crippen MR) is 161 cm³/mol. The molecule has 2 aromatic carbocycles. The minimum Gasteiger partial charge on any atom is -0.486 e. The quantitative estimate of drug-likeness (QED) is 0.115. The standard InChI is InChI=1S/C29H34FN6O4PS/c1-7-39-41(37,40-8-2)28(19-9-13-21(30)14-10-19)36-25-24(27(34-36)42-6)26-32-23(33-35(26)18-31-25)17-38-22-15-11-20(12-16-22)29(3,4)5/h9-16,18,28H,7-8,17H2,1-6H3. The van der Waals surface area contributed by atoms with E-state index in [0.717, 1.165) is 0 Å². The molecule has 0 fully saturated rings. The summed E-state index contributed by atoms with van der Waals surface area (Å²) in [6.45, 7) is 10.4. The zero-order valence-electron chi connectivity index (χ0n) is 24.4. The van der Waals surface area contributed by atoms with Gasteiger partial charge in [0.25, 0.3) is 0 Å². The highest BCUT2D eigenvalue weighted by Gasteiger charge is 2.41. The number of aromatic nitrogens is 6. The van der Waals surface area contributed by atoms with Gasteiger partial charge in [-0.25, -0.2) is 23.6 Å². The van der Waals surface area contributed by atoms with Crippen LogP contribution in [0.5, 0.6) is 5.75 Å². The van der Waals surface area contributed by atoms with Gasteiger partial charge in [0.2, 0.25) is 0 Å². The predicted octanol–water partition coefficient (Wildman–Crippen LogP) is 7.02. The highest BCUT2D eigenvalue weighted by atomic mass is 32.2. The molecule has 5 rings (SSSR count). The molecule has 222 valence electrons. The minimum absolute atomic E-state index is 0.0499. The van der Waals surface area contributed by atoms with Crippen LogP contribution < -0.4 is 4.74 Å². The lowest BCUT2D eigenvalue weighted by Gasteiger charge is -2.27. The summed E-state index contributed by atoms with van der Waals surface area (Å²) in [5.74, 6) is -0.252. The number of hydrogen-bond acceptors (Lipinski definition) is 9. The van der Waals surface area contributed by atoms with Crippen LogP contribution in [0.4, 0.5) is 4.39 Å². The molecule has 10 nitrogen and oxygen atoms in total. The highest BCUT2D eigenvalue weighted by Crippen LogP contribution is 2.62. The SMILES string of the molecule is CCOP(=O)(OCC)C(c1ccc(F)cc1)n1nc(SC)c2c1ncn1nc(COc3ccc(C(C)(C)C)cc3)nc21. The molecule has 3 aromatic heterocycles. The summed E-state index contributed by atoms with van der Waals surface area (Å²) < 4.78 is 48.7. The van der Waals surface area contributed by atoms with Gasteiger partial charge in [-0.1, -0.05) is 45.0 Å². The van der Waals surface area contributed by atoms with Crippen molar-refractivity contribution in [2.24, 2.45) is 0 Å². The van der Waals surface area contributed by atoms with E-state index in [1.54, 1.807) is 30.5 Å². The molecule has 0 radical (unpaired) electrons. The van der Waals surface area contributed by atoms with Gasteiger partial charge >= 0.3 is 7.60 Å². The summed E-state index contributed by atoms with van der Waals surface area (Å²) in [5.41, 5.74) is 2.71. The van der Waals surface area contributed by atoms with Crippen LogP contribution >= 0.6 is 19.4 Å². The Bertz CT molecular complexity index is 1720. The number of fused-ring (bicyclic) bond motifs is 3. The van der Waals surface area contributed by atoms with Crippen LogP contribution in [0.2, 0.25) is 0 Å². The summed E-state index contributed by atoms with van der Waals surface area (Å²) in [5, 5.41) is 10.6. The van der Waals surface area contributed by atoms with Gasteiger partial charge in [0.1, 0.15) is 29.5 Å². The van der Waals surface area contributed by atoms with Gasteiger partial charge < -0.3 is 13.8 Å². The molecule has 0 N–H and O–H groups in total. The van der Waals surface area contributed by atoms with E-state index in [1.165, 1.54) is 40.5 Å². The summed E-state index contributed by atoms with van der Waals surface area (Å²) in [6.07, 6.45) is 3.41. The second-order valence-corrected chi connectivity index (χ2v) is 13.4. The summed E-state index contributed by atoms with van der Waals surface area (Å²) >= 11 is 1.39. The van der Waals surface area contributed by atoms with E-state index in [-0.39, 0.29) is 25.2 Å². The van der Waals surface area contributed by atoms with Crippen LogP contribution in [0.3, 0.4) is 0 Å². The molecule has 0 aliphatic rings. The van der Waals surface area contributed by atoms with Gasteiger partial charge in [-0.05, 0) is 60.9 Å². The molecule has 0 amide bonds. The van der Waals surface area contributed by atoms with Gasteiger partial charge in [0.05, 0.1) is 18.6 Å². The van der Waals surface area contributed by atoms with Crippen LogP contribution in [0.1, 0.15) is 57.4 Å². The Balaban J connectivity index is 1.57. The zero-order valence-corrected chi connectivity index (χ0v) is 26.2. The molecule has 0 bridgehead atoms. The van der Waals surface area contributed by atoms with Crippen LogP contribution in [0, 0.1) is 5.82 Å². The number of thioether (sulfide) groups is 1. The maximum Gasteiger partial charge on any atom is 0.359 e. The van der Waals surface area contributed by atoms with Gasteiger partial charge in [-0.15, -0.1) is 16.9 Å². The fourth-order valence-electron chi connectivity index (χ4n) is 4.66. The van der Waals surface area contributed by atoms with E-state index in [1.807, 2.05) is 18.4 Å². The third-order valence-electron chi connectivity index (χ3n) is 6.64. The number of ether oxygens (including phenoxy) is 1. The van der Waals surface area contributed by atoms with E-state index in [0.29, 0.717) is 38.8 Å². The maximum atomic E-state index is 14.2. The fraction of sp³-hybridized carbons (Fsp3) is 0.379. The Kier molecular flexibility index (Phi) is 8.71. The van der Waals surface area contributed by atoms with E-state index < -0.39 is 19.2 Å².